The summed E-state index contributed by atoms with van der Waals surface area (Å²) < 4.78 is 11.4. The fourth-order valence-electron chi connectivity index (χ4n) is 2.79. The van der Waals surface area contributed by atoms with E-state index in [1.807, 2.05) is 54.6 Å². The van der Waals surface area contributed by atoms with E-state index in [2.05, 4.69) is 4.98 Å². The largest absolute Gasteiger partial charge is 0.493 e. The Labute approximate surface area is 134 Å². The molecule has 116 valence electrons. The van der Waals surface area contributed by atoms with E-state index in [4.69, 9.17) is 9.47 Å². The van der Waals surface area contributed by atoms with Gasteiger partial charge in [-0.2, -0.15) is 0 Å². The van der Waals surface area contributed by atoms with Crippen molar-refractivity contribution in [2.24, 2.45) is 0 Å². The minimum Gasteiger partial charge on any atom is -0.493 e. The molecule has 1 N–H and O–H groups in total. The third-order valence-electron chi connectivity index (χ3n) is 4.04. The predicted molar refractivity (Wildman–Crippen MR) is 87.6 cm³/mol. The summed E-state index contributed by atoms with van der Waals surface area (Å²) in [5, 5.41) is 11.0. The summed E-state index contributed by atoms with van der Waals surface area (Å²) in [5.41, 5.74) is 2.67. The van der Waals surface area contributed by atoms with Crippen LogP contribution in [0.25, 0.3) is 10.9 Å². The zero-order valence-electron chi connectivity index (χ0n) is 12.6. The van der Waals surface area contributed by atoms with Gasteiger partial charge >= 0.3 is 0 Å². The average Bonchev–Trinajstić information content (AvgIpc) is 2.60. The summed E-state index contributed by atoms with van der Waals surface area (Å²) >= 11 is 0. The highest BCUT2D eigenvalue weighted by atomic mass is 16.5. The van der Waals surface area contributed by atoms with Gasteiger partial charge in [-0.15, -0.1) is 0 Å². The van der Waals surface area contributed by atoms with E-state index in [1.165, 1.54) is 0 Å². The SMILES string of the molecule is OC1CCOc2cc(OCc3ccc4ccccc4n3)ccc21. The topological polar surface area (TPSA) is 51.6 Å². The standard InChI is InChI=1S/C19H17NO3/c21-18-9-10-22-19-11-15(7-8-16(18)19)23-12-14-6-5-13-3-1-2-4-17(13)20-14/h1-8,11,18,21H,9-10,12H2. The summed E-state index contributed by atoms with van der Waals surface area (Å²) in [6, 6.07) is 17.6. The van der Waals surface area contributed by atoms with Gasteiger partial charge in [0.25, 0.3) is 0 Å². The van der Waals surface area contributed by atoms with E-state index in [0.717, 1.165) is 22.2 Å². The van der Waals surface area contributed by atoms with Crippen LogP contribution in [0.4, 0.5) is 0 Å². The monoisotopic (exact) mass is 307 g/mol. The van der Waals surface area contributed by atoms with E-state index in [1.54, 1.807) is 0 Å². The van der Waals surface area contributed by atoms with Crippen molar-refractivity contribution in [1.29, 1.82) is 0 Å². The van der Waals surface area contributed by atoms with E-state index >= 15 is 0 Å². The Morgan fingerprint density at radius 1 is 1.13 bits per heavy atom. The molecule has 4 nitrogen and oxygen atoms in total. The number of benzene rings is 2. The van der Waals surface area contributed by atoms with Crippen molar-refractivity contribution in [3.63, 3.8) is 0 Å². The Morgan fingerprint density at radius 2 is 2.04 bits per heavy atom. The smallest absolute Gasteiger partial charge is 0.130 e. The van der Waals surface area contributed by atoms with Gasteiger partial charge in [0.1, 0.15) is 18.1 Å². The van der Waals surface area contributed by atoms with Gasteiger partial charge in [-0.3, -0.25) is 0 Å². The highest BCUT2D eigenvalue weighted by Crippen LogP contribution is 2.34. The first-order valence-electron chi connectivity index (χ1n) is 7.72. The summed E-state index contributed by atoms with van der Waals surface area (Å²) in [4.78, 5) is 4.59. The van der Waals surface area contributed by atoms with Crippen LogP contribution >= 0.6 is 0 Å². The Hall–Kier alpha value is -2.59. The molecule has 3 aromatic rings. The Balaban J connectivity index is 1.51. The maximum atomic E-state index is 9.93. The second-order valence-electron chi connectivity index (χ2n) is 5.64. The maximum Gasteiger partial charge on any atom is 0.130 e. The van der Waals surface area contributed by atoms with Crippen molar-refractivity contribution in [2.45, 2.75) is 19.1 Å². The Bertz CT molecular complexity index is 847. The van der Waals surface area contributed by atoms with Crippen LogP contribution in [0.2, 0.25) is 0 Å². The Kier molecular flexibility index (Phi) is 3.60. The quantitative estimate of drug-likeness (QED) is 0.803. The number of nitrogens with zero attached hydrogens (tertiary/aromatic N) is 1. The molecule has 0 saturated carbocycles. The molecule has 4 rings (SSSR count). The number of aromatic nitrogens is 1. The zero-order valence-corrected chi connectivity index (χ0v) is 12.6. The van der Waals surface area contributed by atoms with E-state index in [0.29, 0.717) is 31.1 Å². The number of hydrogen-bond donors (Lipinski definition) is 1. The molecule has 0 radical (unpaired) electrons. The molecule has 0 bridgehead atoms. The number of aliphatic hydroxyl groups excluding tert-OH is 1. The van der Waals surface area contributed by atoms with Gasteiger partial charge in [0.15, 0.2) is 0 Å². The number of fused-ring (bicyclic) bond motifs is 2. The molecular weight excluding hydrogens is 290 g/mol. The summed E-state index contributed by atoms with van der Waals surface area (Å²) in [5.74, 6) is 1.42. The van der Waals surface area contributed by atoms with Crippen molar-refractivity contribution in [1.82, 2.24) is 4.98 Å². The van der Waals surface area contributed by atoms with Crippen LogP contribution in [0.3, 0.4) is 0 Å². The van der Waals surface area contributed by atoms with Gasteiger partial charge in [0.05, 0.1) is 23.9 Å². The average molecular weight is 307 g/mol. The molecule has 1 aliphatic rings. The molecule has 1 unspecified atom stereocenters. The van der Waals surface area contributed by atoms with Gasteiger partial charge in [0.2, 0.25) is 0 Å². The van der Waals surface area contributed by atoms with Crippen LogP contribution in [0, 0.1) is 0 Å². The number of hydrogen-bond acceptors (Lipinski definition) is 4. The number of rotatable bonds is 3. The van der Waals surface area contributed by atoms with Crippen molar-refractivity contribution >= 4 is 10.9 Å². The molecule has 2 aromatic carbocycles. The number of aliphatic hydroxyl groups is 1. The van der Waals surface area contributed by atoms with Crippen molar-refractivity contribution in [2.75, 3.05) is 6.61 Å². The molecule has 1 aliphatic heterocycles. The van der Waals surface area contributed by atoms with E-state index < -0.39 is 6.10 Å². The molecule has 2 heterocycles. The first kappa shape index (κ1) is 14.0. The summed E-state index contributed by atoms with van der Waals surface area (Å²) in [7, 11) is 0. The molecule has 4 heteroatoms. The maximum absolute atomic E-state index is 9.93. The minimum atomic E-state index is -0.449. The van der Waals surface area contributed by atoms with Gasteiger partial charge in [-0.1, -0.05) is 24.3 Å². The number of para-hydroxylation sites is 1. The normalized spacial score (nSPS) is 16.7. The molecule has 0 fully saturated rings. The lowest BCUT2D eigenvalue weighted by Crippen LogP contribution is -2.13. The van der Waals surface area contributed by atoms with Crippen LogP contribution in [-0.4, -0.2) is 16.7 Å². The lowest BCUT2D eigenvalue weighted by atomic mass is 10.0. The van der Waals surface area contributed by atoms with E-state index in [9.17, 15) is 5.11 Å². The molecule has 0 spiro atoms. The molecule has 0 aliphatic carbocycles. The van der Waals surface area contributed by atoms with Crippen LogP contribution in [0.5, 0.6) is 11.5 Å². The predicted octanol–water partition coefficient (Wildman–Crippen LogP) is 3.63. The summed E-state index contributed by atoms with van der Waals surface area (Å²) in [6.45, 7) is 0.927. The van der Waals surface area contributed by atoms with Gasteiger partial charge in [-0.25, -0.2) is 4.98 Å². The Morgan fingerprint density at radius 3 is 3.00 bits per heavy atom. The van der Waals surface area contributed by atoms with Crippen LogP contribution in [-0.2, 0) is 6.61 Å². The third-order valence-corrected chi connectivity index (χ3v) is 4.04. The fourth-order valence-corrected chi connectivity index (χ4v) is 2.79. The molecular formula is C19H17NO3. The van der Waals surface area contributed by atoms with Crippen LogP contribution in [0.1, 0.15) is 23.8 Å². The molecule has 0 saturated heterocycles. The number of ether oxygens (including phenoxy) is 2. The fraction of sp³-hybridized carbons (Fsp3) is 0.211. The van der Waals surface area contributed by atoms with E-state index in [-0.39, 0.29) is 0 Å². The molecule has 0 amide bonds. The van der Waals surface area contributed by atoms with Crippen molar-refractivity contribution in [3.05, 3.63) is 65.9 Å². The van der Waals surface area contributed by atoms with Gasteiger partial charge < -0.3 is 14.6 Å². The first-order chi connectivity index (χ1) is 11.3. The number of pyridine rings is 1. The molecule has 1 aromatic heterocycles. The second-order valence-corrected chi connectivity index (χ2v) is 5.64. The van der Waals surface area contributed by atoms with Crippen LogP contribution in [0.15, 0.2) is 54.6 Å². The highest BCUT2D eigenvalue weighted by molar-refractivity contribution is 5.78. The van der Waals surface area contributed by atoms with Crippen molar-refractivity contribution in [3.8, 4) is 11.5 Å². The first-order valence-corrected chi connectivity index (χ1v) is 7.72. The molecule has 23 heavy (non-hydrogen) atoms. The highest BCUT2D eigenvalue weighted by Gasteiger charge is 2.19. The summed E-state index contributed by atoms with van der Waals surface area (Å²) in [6.07, 6.45) is 0.184. The van der Waals surface area contributed by atoms with Crippen molar-refractivity contribution < 1.29 is 14.6 Å². The lowest BCUT2D eigenvalue weighted by Gasteiger charge is -2.22. The second kappa shape index (κ2) is 5.89. The van der Waals surface area contributed by atoms with Crippen LogP contribution < -0.4 is 9.47 Å². The third kappa shape index (κ3) is 2.85. The van der Waals surface area contributed by atoms with Gasteiger partial charge in [0, 0.05) is 23.4 Å². The molecule has 1 atom stereocenters. The minimum absolute atomic E-state index is 0.395. The van der Waals surface area contributed by atoms with Gasteiger partial charge in [-0.05, 0) is 24.3 Å². The zero-order chi connectivity index (χ0) is 15.6. The lowest BCUT2D eigenvalue weighted by molar-refractivity contribution is 0.115.